The normalized spacial score (nSPS) is 22.5. The van der Waals surface area contributed by atoms with Gasteiger partial charge >= 0.3 is 0 Å². The van der Waals surface area contributed by atoms with Gasteiger partial charge in [0.25, 0.3) is 0 Å². The molecule has 1 aliphatic heterocycles. The second kappa shape index (κ2) is 8.46. The number of rotatable bonds is 7. The van der Waals surface area contributed by atoms with Gasteiger partial charge in [0.05, 0.1) is 12.7 Å². The van der Waals surface area contributed by atoms with E-state index in [4.69, 9.17) is 10.00 Å². The Bertz CT molecular complexity index is 239. The van der Waals surface area contributed by atoms with E-state index in [2.05, 4.69) is 22.8 Å². The first kappa shape index (κ1) is 14.4. The van der Waals surface area contributed by atoms with Crippen molar-refractivity contribution in [3.8, 4) is 6.07 Å². The molecular formula is C13H25N3O. The lowest BCUT2D eigenvalue weighted by molar-refractivity contribution is 0.0584. The highest BCUT2D eigenvalue weighted by Crippen LogP contribution is 2.10. The van der Waals surface area contributed by atoms with Crippen LogP contribution in [-0.2, 0) is 4.74 Å². The number of piperazine rings is 1. The summed E-state index contributed by atoms with van der Waals surface area (Å²) < 4.78 is 5.13. The molecule has 1 atom stereocenters. The first-order chi connectivity index (χ1) is 8.27. The zero-order valence-electron chi connectivity index (χ0n) is 11.2. The number of hydrogen-bond donors (Lipinski definition) is 0. The molecule has 17 heavy (non-hydrogen) atoms. The molecule has 1 rings (SSSR count). The third-order valence-corrected chi connectivity index (χ3v) is 3.44. The van der Waals surface area contributed by atoms with Crippen LogP contribution in [0.5, 0.6) is 0 Å². The monoisotopic (exact) mass is 239 g/mol. The van der Waals surface area contributed by atoms with Gasteiger partial charge in [-0.1, -0.05) is 0 Å². The quantitative estimate of drug-likeness (QED) is 0.628. The van der Waals surface area contributed by atoms with Crippen LogP contribution in [-0.4, -0.2) is 62.3 Å². The summed E-state index contributed by atoms with van der Waals surface area (Å²) in [4.78, 5) is 5.01. The second-order valence-corrected chi connectivity index (χ2v) is 4.79. The molecule has 1 fully saturated rings. The minimum absolute atomic E-state index is 0.620. The number of nitrogens with zero attached hydrogens (tertiary/aromatic N) is 3. The Morgan fingerprint density at radius 2 is 2.12 bits per heavy atom. The average Bonchev–Trinajstić information content (AvgIpc) is 2.34. The van der Waals surface area contributed by atoms with Crippen LogP contribution in [0.1, 0.15) is 26.2 Å². The molecule has 1 saturated heterocycles. The van der Waals surface area contributed by atoms with Crippen molar-refractivity contribution in [1.29, 1.82) is 5.26 Å². The van der Waals surface area contributed by atoms with Gasteiger partial charge in [0.2, 0.25) is 0 Å². The molecule has 0 unspecified atom stereocenters. The van der Waals surface area contributed by atoms with E-state index in [1.54, 1.807) is 7.11 Å². The van der Waals surface area contributed by atoms with Gasteiger partial charge in [-0.3, -0.25) is 4.90 Å². The number of methoxy groups -OCH3 is 1. The maximum Gasteiger partial charge on any atom is 0.0621 e. The van der Waals surface area contributed by atoms with Crippen molar-refractivity contribution in [2.24, 2.45) is 0 Å². The predicted octanol–water partition coefficient (Wildman–Crippen LogP) is 1.33. The summed E-state index contributed by atoms with van der Waals surface area (Å²) in [6, 6.07) is 2.82. The van der Waals surface area contributed by atoms with Crippen LogP contribution in [0.15, 0.2) is 0 Å². The fourth-order valence-electron chi connectivity index (χ4n) is 2.35. The molecule has 0 aromatic rings. The highest BCUT2D eigenvalue weighted by atomic mass is 16.5. The molecule has 0 spiro atoms. The summed E-state index contributed by atoms with van der Waals surface area (Å²) in [6.07, 6.45) is 2.89. The molecule has 4 nitrogen and oxygen atoms in total. The molecule has 0 amide bonds. The van der Waals surface area contributed by atoms with E-state index in [9.17, 15) is 0 Å². The summed E-state index contributed by atoms with van der Waals surface area (Å²) in [5.74, 6) is 0. The topological polar surface area (TPSA) is 39.5 Å². The van der Waals surface area contributed by atoms with E-state index in [0.29, 0.717) is 12.5 Å². The van der Waals surface area contributed by atoms with E-state index in [1.165, 1.54) is 0 Å². The van der Waals surface area contributed by atoms with Gasteiger partial charge in [-0.2, -0.15) is 5.26 Å². The molecule has 1 aliphatic rings. The molecule has 98 valence electrons. The standard InChI is InChI=1S/C13H25N3O/c1-13-12-15(7-5-3-4-6-14)8-9-16(13)10-11-17-2/h13H,3-5,7-12H2,1-2H3/t13-/m1/s1. The zero-order chi connectivity index (χ0) is 12.5. The van der Waals surface area contributed by atoms with Gasteiger partial charge in [-0.25, -0.2) is 0 Å². The molecule has 1 heterocycles. The van der Waals surface area contributed by atoms with Crippen LogP contribution < -0.4 is 0 Å². The number of unbranched alkanes of at least 4 members (excludes halogenated alkanes) is 2. The number of nitriles is 1. The summed E-state index contributed by atoms with van der Waals surface area (Å²) in [6.45, 7) is 8.74. The number of ether oxygens (including phenoxy) is 1. The molecule has 0 bridgehead atoms. The highest BCUT2D eigenvalue weighted by molar-refractivity contribution is 4.79. The Morgan fingerprint density at radius 1 is 1.29 bits per heavy atom. The Morgan fingerprint density at radius 3 is 2.76 bits per heavy atom. The smallest absolute Gasteiger partial charge is 0.0621 e. The third-order valence-electron chi connectivity index (χ3n) is 3.44. The predicted molar refractivity (Wildman–Crippen MR) is 68.8 cm³/mol. The molecular weight excluding hydrogens is 214 g/mol. The van der Waals surface area contributed by atoms with Gasteiger partial charge in [0.15, 0.2) is 0 Å². The molecule has 0 aromatic heterocycles. The molecule has 0 radical (unpaired) electrons. The zero-order valence-corrected chi connectivity index (χ0v) is 11.2. The van der Waals surface area contributed by atoms with Crippen LogP contribution in [0.4, 0.5) is 0 Å². The Kier molecular flexibility index (Phi) is 7.18. The first-order valence-corrected chi connectivity index (χ1v) is 6.60. The Labute approximate surface area is 105 Å². The summed E-state index contributed by atoms with van der Waals surface area (Å²) in [7, 11) is 1.76. The summed E-state index contributed by atoms with van der Waals surface area (Å²) in [5, 5.41) is 8.48. The van der Waals surface area contributed by atoms with Crippen molar-refractivity contribution in [1.82, 2.24) is 9.80 Å². The second-order valence-electron chi connectivity index (χ2n) is 4.79. The third kappa shape index (κ3) is 5.49. The minimum Gasteiger partial charge on any atom is -0.383 e. The summed E-state index contributed by atoms with van der Waals surface area (Å²) in [5.41, 5.74) is 0. The van der Waals surface area contributed by atoms with Crippen molar-refractivity contribution in [3.05, 3.63) is 0 Å². The molecule has 4 heteroatoms. The SMILES string of the molecule is COCCN1CCN(CCCCC#N)C[C@H]1C. The van der Waals surface area contributed by atoms with Crippen molar-refractivity contribution in [2.45, 2.75) is 32.2 Å². The van der Waals surface area contributed by atoms with Crippen LogP contribution in [0.3, 0.4) is 0 Å². The van der Waals surface area contributed by atoms with Gasteiger partial charge < -0.3 is 9.64 Å². The van der Waals surface area contributed by atoms with Crippen molar-refractivity contribution >= 4 is 0 Å². The fraction of sp³-hybridized carbons (Fsp3) is 0.923. The van der Waals surface area contributed by atoms with Gasteiger partial charge in [0.1, 0.15) is 0 Å². The maximum atomic E-state index is 8.48. The largest absolute Gasteiger partial charge is 0.383 e. The molecule has 0 aromatic carbocycles. The van der Waals surface area contributed by atoms with Crippen molar-refractivity contribution in [3.63, 3.8) is 0 Å². The van der Waals surface area contributed by atoms with E-state index >= 15 is 0 Å². The lowest BCUT2D eigenvalue weighted by Gasteiger charge is -2.39. The van der Waals surface area contributed by atoms with Gasteiger partial charge in [0, 0.05) is 45.8 Å². The maximum absolute atomic E-state index is 8.48. The van der Waals surface area contributed by atoms with E-state index in [1.807, 2.05) is 0 Å². The van der Waals surface area contributed by atoms with Crippen molar-refractivity contribution in [2.75, 3.05) is 46.4 Å². The molecule has 0 saturated carbocycles. The molecule has 0 N–H and O–H groups in total. The lowest BCUT2D eigenvalue weighted by atomic mass is 10.1. The van der Waals surface area contributed by atoms with Crippen LogP contribution in [0.2, 0.25) is 0 Å². The highest BCUT2D eigenvalue weighted by Gasteiger charge is 2.22. The lowest BCUT2D eigenvalue weighted by Crippen LogP contribution is -2.52. The Balaban J connectivity index is 2.15. The van der Waals surface area contributed by atoms with Crippen molar-refractivity contribution < 1.29 is 4.74 Å². The Hall–Kier alpha value is -0.630. The van der Waals surface area contributed by atoms with E-state index < -0.39 is 0 Å². The van der Waals surface area contributed by atoms with Crippen LogP contribution >= 0.6 is 0 Å². The van der Waals surface area contributed by atoms with Crippen LogP contribution in [0, 0.1) is 11.3 Å². The van der Waals surface area contributed by atoms with E-state index in [0.717, 1.165) is 52.2 Å². The summed E-state index contributed by atoms with van der Waals surface area (Å²) >= 11 is 0. The van der Waals surface area contributed by atoms with Crippen LogP contribution in [0.25, 0.3) is 0 Å². The fourth-order valence-corrected chi connectivity index (χ4v) is 2.35. The van der Waals surface area contributed by atoms with Gasteiger partial charge in [-0.15, -0.1) is 0 Å². The average molecular weight is 239 g/mol. The first-order valence-electron chi connectivity index (χ1n) is 6.60. The minimum atomic E-state index is 0.620. The van der Waals surface area contributed by atoms with Gasteiger partial charge in [-0.05, 0) is 26.3 Å². The van der Waals surface area contributed by atoms with E-state index in [-0.39, 0.29) is 0 Å². The number of hydrogen-bond acceptors (Lipinski definition) is 4. The molecule has 0 aliphatic carbocycles.